The van der Waals surface area contributed by atoms with Crippen LogP contribution in [0.1, 0.15) is 39.2 Å². The van der Waals surface area contributed by atoms with Crippen molar-refractivity contribution in [2.45, 2.75) is 45.7 Å². The Bertz CT molecular complexity index is 470. The molecule has 0 heterocycles. The zero-order valence-electron chi connectivity index (χ0n) is 13.3. The van der Waals surface area contributed by atoms with Crippen LogP contribution in [0, 0.1) is 5.82 Å². The summed E-state index contributed by atoms with van der Waals surface area (Å²) in [6.07, 6.45) is 0.943. The van der Waals surface area contributed by atoms with Crippen molar-refractivity contribution < 1.29 is 13.9 Å². The lowest BCUT2D eigenvalue weighted by molar-refractivity contribution is -0.120. The fourth-order valence-corrected chi connectivity index (χ4v) is 1.68. The maximum absolute atomic E-state index is 13.9. The standard InChI is InChI=1S/C16H25FN2O2/c1-16(2,3)19-11-12-7-8-14(13(17)10-12)21-9-5-6-15(20)18-4/h7-8,10,19H,5-6,9,11H2,1-4H3,(H,18,20). The van der Waals surface area contributed by atoms with Gasteiger partial charge in [0.2, 0.25) is 5.91 Å². The molecule has 0 atom stereocenters. The Morgan fingerprint density at radius 1 is 1.33 bits per heavy atom. The molecule has 0 saturated heterocycles. The number of halogens is 1. The van der Waals surface area contributed by atoms with Crippen molar-refractivity contribution in [1.29, 1.82) is 0 Å². The number of amides is 1. The van der Waals surface area contributed by atoms with Crippen LogP contribution in [-0.2, 0) is 11.3 Å². The van der Waals surface area contributed by atoms with Gasteiger partial charge in [-0.2, -0.15) is 0 Å². The summed E-state index contributed by atoms with van der Waals surface area (Å²) in [7, 11) is 1.59. The van der Waals surface area contributed by atoms with E-state index in [2.05, 4.69) is 31.4 Å². The highest BCUT2D eigenvalue weighted by Crippen LogP contribution is 2.19. The lowest BCUT2D eigenvalue weighted by Crippen LogP contribution is -2.35. The third kappa shape index (κ3) is 7.09. The van der Waals surface area contributed by atoms with Gasteiger partial charge in [0.25, 0.3) is 0 Å². The first-order chi connectivity index (χ1) is 9.81. The fraction of sp³-hybridized carbons (Fsp3) is 0.562. The molecule has 5 heteroatoms. The molecule has 0 aliphatic heterocycles. The van der Waals surface area contributed by atoms with Crippen LogP contribution in [0.5, 0.6) is 5.75 Å². The molecule has 1 amide bonds. The Morgan fingerprint density at radius 2 is 2.05 bits per heavy atom. The largest absolute Gasteiger partial charge is 0.491 e. The van der Waals surface area contributed by atoms with E-state index in [-0.39, 0.29) is 23.0 Å². The van der Waals surface area contributed by atoms with Crippen molar-refractivity contribution in [3.8, 4) is 5.75 Å². The van der Waals surface area contributed by atoms with Gasteiger partial charge in [0.15, 0.2) is 11.6 Å². The van der Waals surface area contributed by atoms with Gasteiger partial charge in [-0.15, -0.1) is 0 Å². The first-order valence-corrected chi connectivity index (χ1v) is 7.18. The molecule has 0 fully saturated rings. The van der Waals surface area contributed by atoms with Crippen molar-refractivity contribution >= 4 is 5.91 Å². The molecule has 0 aliphatic rings. The summed E-state index contributed by atoms with van der Waals surface area (Å²) in [4.78, 5) is 11.0. The summed E-state index contributed by atoms with van der Waals surface area (Å²) in [6.45, 7) is 7.12. The summed E-state index contributed by atoms with van der Waals surface area (Å²) in [5.74, 6) is -0.183. The fourth-order valence-electron chi connectivity index (χ4n) is 1.68. The highest BCUT2D eigenvalue weighted by atomic mass is 19.1. The van der Waals surface area contributed by atoms with Gasteiger partial charge in [0.1, 0.15) is 0 Å². The van der Waals surface area contributed by atoms with E-state index in [4.69, 9.17) is 4.74 Å². The van der Waals surface area contributed by atoms with E-state index in [1.165, 1.54) is 6.07 Å². The molecule has 0 spiro atoms. The smallest absolute Gasteiger partial charge is 0.219 e. The third-order valence-electron chi connectivity index (χ3n) is 2.90. The van der Waals surface area contributed by atoms with Crippen LogP contribution in [-0.4, -0.2) is 25.1 Å². The maximum Gasteiger partial charge on any atom is 0.219 e. The number of hydrogen-bond donors (Lipinski definition) is 2. The van der Waals surface area contributed by atoms with Crippen LogP contribution >= 0.6 is 0 Å². The van der Waals surface area contributed by atoms with Crippen LogP contribution in [0.3, 0.4) is 0 Å². The summed E-state index contributed by atoms with van der Waals surface area (Å²) in [5.41, 5.74) is 0.867. The number of carbonyl (C=O) groups excluding carboxylic acids is 1. The number of hydrogen-bond acceptors (Lipinski definition) is 3. The van der Waals surface area contributed by atoms with Crippen molar-refractivity contribution in [2.24, 2.45) is 0 Å². The average molecular weight is 296 g/mol. The monoisotopic (exact) mass is 296 g/mol. The molecule has 1 aromatic carbocycles. The average Bonchev–Trinajstić information content (AvgIpc) is 2.41. The van der Waals surface area contributed by atoms with E-state index < -0.39 is 0 Å². The Morgan fingerprint density at radius 3 is 2.62 bits per heavy atom. The first-order valence-electron chi connectivity index (χ1n) is 7.18. The molecule has 0 bridgehead atoms. The minimum Gasteiger partial charge on any atom is -0.491 e. The zero-order chi connectivity index (χ0) is 15.9. The van der Waals surface area contributed by atoms with E-state index in [0.717, 1.165) is 5.56 Å². The van der Waals surface area contributed by atoms with Gasteiger partial charge in [-0.25, -0.2) is 4.39 Å². The van der Waals surface area contributed by atoms with Gasteiger partial charge >= 0.3 is 0 Å². The van der Waals surface area contributed by atoms with Crippen LogP contribution in [0.25, 0.3) is 0 Å². The van der Waals surface area contributed by atoms with E-state index >= 15 is 0 Å². The highest BCUT2D eigenvalue weighted by molar-refractivity contribution is 5.75. The number of nitrogens with one attached hydrogen (secondary N) is 2. The lowest BCUT2D eigenvalue weighted by Gasteiger charge is -2.20. The Hall–Kier alpha value is -1.62. The SMILES string of the molecule is CNC(=O)CCCOc1ccc(CNC(C)(C)C)cc1F. The van der Waals surface area contributed by atoms with Crippen LogP contribution in [0.15, 0.2) is 18.2 Å². The normalized spacial score (nSPS) is 11.3. The molecule has 4 nitrogen and oxygen atoms in total. The number of rotatable bonds is 7. The van der Waals surface area contributed by atoms with Crippen LogP contribution < -0.4 is 15.4 Å². The highest BCUT2D eigenvalue weighted by Gasteiger charge is 2.10. The molecule has 0 radical (unpaired) electrons. The topological polar surface area (TPSA) is 50.4 Å². The molecule has 118 valence electrons. The summed E-state index contributed by atoms with van der Waals surface area (Å²) < 4.78 is 19.2. The van der Waals surface area contributed by atoms with Gasteiger partial charge < -0.3 is 15.4 Å². The second-order valence-corrected chi connectivity index (χ2v) is 5.99. The molecule has 1 rings (SSSR count). The molecule has 2 N–H and O–H groups in total. The Balaban J connectivity index is 2.45. The van der Waals surface area contributed by atoms with Gasteiger partial charge in [-0.3, -0.25) is 4.79 Å². The summed E-state index contributed by atoms with van der Waals surface area (Å²) in [5, 5.41) is 5.84. The number of ether oxygens (including phenoxy) is 1. The van der Waals surface area contributed by atoms with Gasteiger partial charge in [-0.05, 0) is 44.9 Å². The zero-order valence-corrected chi connectivity index (χ0v) is 13.3. The minimum atomic E-state index is -0.372. The van der Waals surface area contributed by atoms with Gasteiger partial charge in [0.05, 0.1) is 6.61 Å². The van der Waals surface area contributed by atoms with E-state index in [1.807, 2.05) is 6.07 Å². The predicted molar refractivity (Wildman–Crippen MR) is 81.8 cm³/mol. The van der Waals surface area contributed by atoms with Crippen molar-refractivity contribution in [2.75, 3.05) is 13.7 Å². The molecular weight excluding hydrogens is 271 g/mol. The van der Waals surface area contributed by atoms with E-state index in [1.54, 1.807) is 13.1 Å². The van der Waals surface area contributed by atoms with Crippen molar-refractivity contribution in [3.63, 3.8) is 0 Å². The molecule has 0 aromatic heterocycles. The Kier molecular flexibility index (Phi) is 6.62. The maximum atomic E-state index is 13.9. The summed E-state index contributed by atoms with van der Waals surface area (Å²) >= 11 is 0. The second kappa shape index (κ2) is 7.98. The van der Waals surface area contributed by atoms with Crippen molar-refractivity contribution in [3.05, 3.63) is 29.6 Å². The molecule has 1 aromatic rings. The molecule has 0 aliphatic carbocycles. The third-order valence-corrected chi connectivity index (χ3v) is 2.90. The molecule has 0 unspecified atom stereocenters. The van der Waals surface area contributed by atoms with Crippen LogP contribution in [0.4, 0.5) is 4.39 Å². The minimum absolute atomic E-state index is 0.00843. The Labute approximate surface area is 126 Å². The number of benzene rings is 1. The quantitative estimate of drug-likeness (QED) is 0.761. The van der Waals surface area contributed by atoms with E-state index in [0.29, 0.717) is 26.0 Å². The summed E-state index contributed by atoms with van der Waals surface area (Å²) in [6, 6.07) is 4.96. The lowest BCUT2D eigenvalue weighted by atomic mass is 10.1. The van der Waals surface area contributed by atoms with Gasteiger partial charge in [0, 0.05) is 25.6 Å². The molecular formula is C16H25FN2O2. The van der Waals surface area contributed by atoms with Crippen molar-refractivity contribution in [1.82, 2.24) is 10.6 Å². The van der Waals surface area contributed by atoms with E-state index in [9.17, 15) is 9.18 Å². The van der Waals surface area contributed by atoms with Gasteiger partial charge in [-0.1, -0.05) is 6.07 Å². The molecule has 21 heavy (non-hydrogen) atoms. The first kappa shape index (κ1) is 17.4. The predicted octanol–water partition coefficient (Wildman–Crippen LogP) is 2.62. The van der Waals surface area contributed by atoms with Crippen LogP contribution in [0.2, 0.25) is 0 Å². The number of carbonyl (C=O) groups is 1. The second-order valence-electron chi connectivity index (χ2n) is 5.99. The molecule has 0 saturated carbocycles.